The normalized spacial score (nSPS) is 17.3. The molecule has 11 heteroatoms. The molecule has 1 heterocycles. The molecule has 0 amide bonds. The van der Waals surface area contributed by atoms with Gasteiger partial charge < -0.3 is 9.47 Å². The number of hydrogen-bond donors (Lipinski definition) is 0. The highest BCUT2D eigenvalue weighted by molar-refractivity contribution is 6.07. The molecule has 2 unspecified atom stereocenters. The van der Waals surface area contributed by atoms with Gasteiger partial charge in [-0.2, -0.15) is 0 Å². The number of rotatable bonds is 9. The van der Waals surface area contributed by atoms with Crippen LogP contribution in [0, 0.1) is 26.1 Å². The number of allylic oxidation sites excluding steroid dienone is 1. The standard InChI is InChI=1S/C26H25N3O8/c1-4-36-25(30)22-16(3)27-21(14-11-17-9-12-19(13-10-17)28(32)33)24(26(31)37-5-2)23(22)18-7-6-8-20(15-18)29(34)35/h6-15,22-23H,4-5H2,1-3H3/b14-11+. The highest BCUT2D eigenvalue weighted by Crippen LogP contribution is 2.41. The van der Waals surface area contributed by atoms with E-state index in [2.05, 4.69) is 4.99 Å². The molecule has 0 saturated heterocycles. The minimum Gasteiger partial charge on any atom is -0.465 e. The van der Waals surface area contributed by atoms with E-state index in [1.165, 1.54) is 42.5 Å². The maximum Gasteiger partial charge on any atom is 0.336 e. The summed E-state index contributed by atoms with van der Waals surface area (Å²) in [7, 11) is 0. The van der Waals surface area contributed by atoms with Crippen LogP contribution in [0.1, 0.15) is 37.8 Å². The second-order valence-electron chi connectivity index (χ2n) is 8.01. The van der Waals surface area contributed by atoms with Crippen molar-refractivity contribution in [3.63, 3.8) is 0 Å². The van der Waals surface area contributed by atoms with Gasteiger partial charge in [0.2, 0.25) is 0 Å². The zero-order chi connectivity index (χ0) is 27.1. The van der Waals surface area contributed by atoms with Gasteiger partial charge in [0.15, 0.2) is 0 Å². The lowest BCUT2D eigenvalue weighted by molar-refractivity contribution is -0.385. The van der Waals surface area contributed by atoms with Crippen molar-refractivity contribution < 1.29 is 28.9 Å². The van der Waals surface area contributed by atoms with Crippen molar-refractivity contribution >= 4 is 35.1 Å². The second kappa shape index (κ2) is 11.8. The number of esters is 2. The van der Waals surface area contributed by atoms with Gasteiger partial charge in [0, 0.05) is 35.9 Å². The summed E-state index contributed by atoms with van der Waals surface area (Å²) in [5.74, 6) is -3.33. The van der Waals surface area contributed by atoms with Crippen molar-refractivity contribution in [2.75, 3.05) is 13.2 Å². The van der Waals surface area contributed by atoms with E-state index >= 15 is 0 Å². The molecule has 0 aliphatic carbocycles. The lowest BCUT2D eigenvalue weighted by Gasteiger charge is -2.31. The molecule has 0 aromatic heterocycles. The molecule has 2 aromatic carbocycles. The summed E-state index contributed by atoms with van der Waals surface area (Å²) in [6.07, 6.45) is 3.16. The third-order valence-electron chi connectivity index (χ3n) is 5.68. The first-order chi connectivity index (χ1) is 17.7. The molecule has 0 N–H and O–H groups in total. The number of benzene rings is 2. The SMILES string of the molecule is CCOC(=O)C1=C(/C=C/c2ccc([N+](=O)[O-])cc2)N=C(C)C(C(=O)OCC)C1c1cccc([N+](=O)[O-])c1. The fraction of sp³-hybridized carbons (Fsp3) is 0.269. The molecular formula is C26H25N3O8. The average Bonchev–Trinajstić information content (AvgIpc) is 2.87. The smallest absolute Gasteiger partial charge is 0.336 e. The fourth-order valence-electron chi connectivity index (χ4n) is 4.07. The van der Waals surface area contributed by atoms with Crippen molar-refractivity contribution in [2.45, 2.75) is 26.7 Å². The molecule has 1 aliphatic heterocycles. The van der Waals surface area contributed by atoms with Gasteiger partial charge in [0.05, 0.1) is 34.3 Å². The van der Waals surface area contributed by atoms with Crippen LogP contribution in [0.15, 0.2) is 70.9 Å². The first-order valence-corrected chi connectivity index (χ1v) is 11.5. The summed E-state index contributed by atoms with van der Waals surface area (Å²) in [6.45, 7) is 5.04. The van der Waals surface area contributed by atoms with Crippen LogP contribution in [-0.2, 0) is 19.1 Å². The van der Waals surface area contributed by atoms with Crippen LogP contribution in [0.3, 0.4) is 0 Å². The highest BCUT2D eigenvalue weighted by atomic mass is 16.6. The molecule has 1 aliphatic rings. The Kier molecular flexibility index (Phi) is 8.62. The van der Waals surface area contributed by atoms with Gasteiger partial charge in [-0.3, -0.25) is 30.0 Å². The quantitative estimate of drug-likeness (QED) is 0.267. The van der Waals surface area contributed by atoms with Crippen LogP contribution in [0.25, 0.3) is 6.08 Å². The largest absolute Gasteiger partial charge is 0.465 e. The number of non-ortho nitro benzene ring substituents is 2. The predicted molar refractivity (Wildman–Crippen MR) is 135 cm³/mol. The maximum atomic E-state index is 13.2. The van der Waals surface area contributed by atoms with Crippen LogP contribution in [0.4, 0.5) is 11.4 Å². The van der Waals surface area contributed by atoms with Gasteiger partial charge in [0.1, 0.15) is 5.92 Å². The minimum absolute atomic E-state index is 0.0455. The summed E-state index contributed by atoms with van der Waals surface area (Å²) >= 11 is 0. The molecule has 3 rings (SSSR count). The van der Waals surface area contributed by atoms with E-state index < -0.39 is 33.6 Å². The molecule has 0 spiro atoms. The van der Waals surface area contributed by atoms with E-state index in [9.17, 15) is 29.8 Å². The van der Waals surface area contributed by atoms with Crippen molar-refractivity contribution in [1.82, 2.24) is 0 Å². The van der Waals surface area contributed by atoms with Crippen LogP contribution in [-0.4, -0.2) is 40.7 Å². The Morgan fingerprint density at radius 2 is 1.59 bits per heavy atom. The molecule has 0 bridgehead atoms. The number of aliphatic imine (C=N–C) groups is 1. The first-order valence-electron chi connectivity index (χ1n) is 11.5. The number of carbonyl (C=O) groups excluding carboxylic acids is 2. The summed E-state index contributed by atoms with van der Waals surface area (Å²) in [5, 5.41) is 22.4. The molecule has 2 atom stereocenters. The molecule has 0 radical (unpaired) electrons. The number of nitrogens with zero attached hydrogens (tertiary/aromatic N) is 3. The van der Waals surface area contributed by atoms with Gasteiger partial charge >= 0.3 is 11.9 Å². The first kappa shape index (κ1) is 26.9. The van der Waals surface area contributed by atoms with E-state index in [1.807, 2.05) is 0 Å². The van der Waals surface area contributed by atoms with E-state index in [1.54, 1.807) is 39.0 Å². The Morgan fingerprint density at radius 1 is 0.946 bits per heavy atom. The van der Waals surface area contributed by atoms with Gasteiger partial charge in [-0.1, -0.05) is 18.2 Å². The Labute approximate surface area is 212 Å². The summed E-state index contributed by atoms with van der Waals surface area (Å²) in [4.78, 5) is 52.1. The van der Waals surface area contributed by atoms with E-state index in [-0.39, 0.29) is 35.9 Å². The van der Waals surface area contributed by atoms with Crippen molar-refractivity contribution in [3.8, 4) is 0 Å². The molecule has 11 nitrogen and oxygen atoms in total. The Bertz CT molecular complexity index is 1310. The molecule has 37 heavy (non-hydrogen) atoms. The molecule has 2 aromatic rings. The number of nitro benzene ring substituents is 2. The Hall–Kier alpha value is -4.67. The lowest BCUT2D eigenvalue weighted by atomic mass is 9.75. The molecule has 192 valence electrons. The van der Waals surface area contributed by atoms with Gasteiger partial charge in [-0.25, -0.2) is 4.79 Å². The number of carbonyl (C=O) groups is 2. The van der Waals surface area contributed by atoms with Gasteiger partial charge in [-0.15, -0.1) is 0 Å². The van der Waals surface area contributed by atoms with E-state index in [4.69, 9.17) is 9.47 Å². The van der Waals surface area contributed by atoms with E-state index in [0.29, 0.717) is 16.8 Å². The predicted octanol–water partition coefficient (Wildman–Crippen LogP) is 4.77. The fourth-order valence-corrected chi connectivity index (χ4v) is 4.07. The zero-order valence-corrected chi connectivity index (χ0v) is 20.5. The van der Waals surface area contributed by atoms with Crippen molar-refractivity contribution in [1.29, 1.82) is 0 Å². The Morgan fingerprint density at radius 3 is 2.19 bits per heavy atom. The monoisotopic (exact) mass is 507 g/mol. The second-order valence-corrected chi connectivity index (χ2v) is 8.01. The molecular weight excluding hydrogens is 482 g/mol. The number of hydrogen-bond acceptors (Lipinski definition) is 9. The molecule has 0 saturated carbocycles. The van der Waals surface area contributed by atoms with Crippen LogP contribution in [0.5, 0.6) is 0 Å². The van der Waals surface area contributed by atoms with Gasteiger partial charge in [0.25, 0.3) is 11.4 Å². The average molecular weight is 507 g/mol. The van der Waals surface area contributed by atoms with E-state index in [0.717, 1.165) is 0 Å². The summed E-state index contributed by atoms with van der Waals surface area (Å²) in [5.41, 5.74) is 1.28. The number of nitro groups is 2. The van der Waals surface area contributed by atoms with Crippen LogP contribution >= 0.6 is 0 Å². The van der Waals surface area contributed by atoms with Crippen molar-refractivity contribution in [2.24, 2.45) is 10.9 Å². The Balaban J connectivity index is 2.21. The summed E-state index contributed by atoms with van der Waals surface area (Å²) in [6, 6.07) is 11.5. The number of ether oxygens (including phenoxy) is 2. The highest BCUT2D eigenvalue weighted by Gasteiger charge is 2.43. The summed E-state index contributed by atoms with van der Waals surface area (Å²) < 4.78 is 10.6. The third-order valence-corrected chi connectivity index (χ3v) is 5.68. The third kappa shape index (κ3) is 6.13. The topological polar surface area (TPSA) is 151 Å². The van der Waals surface area contributed by atoms with Crippen LogP contribution < -0.4 is 0 Å². The lowest BCUT2D eigenvalue weighted by Crippen LogP contribution is -2.36. The molecule has 0 fully saturated rings. The van der Waals surface area contributed by atoms with Crippen LogP contribution in [0.2, 0.25) is 0 Å². The maximum absolute atomic E-state index is 13.2. The van der Waals surface area contributed by atoms with Crippen molar-refractivity contribution in [3.05, 3.63) is 97.2 Å². The van der Waals surface area contributed by atoms with Gasteiger partial charge in [-0.05, 0) is 50.1 Å². The minimum atomic E-state index is -1.02. The zero-order valence-electron chi connectivity index (χ0n) is 20.5.